The molecule has 17 heteroatoms. The number of anilines is 2. The topological polar surface area (TPSA) is 249 Å². The van der Waals surface area contributed by atoms with Crippen molar-refractivity contribution in [3.8, 4) is 11.5 Å². The summed E-state index contributed by atoms with van der Waals surface area (Å²) in [6.45, 7) is 0. The van der Waals surface area contributed by atoms with Crippen molar-refractivity contribution in [1.82, 2.24) is 0 Å². The third-order valence-corrected chi connectivity index (χ3v) is 9.69. The average Bonchev–Trinajstić information content (AvgIpc) is 3.06. The minimum atomic E-state index is -4.77. The van der Waals surface area contributed by atoms with Gasteiger partial charge < -0.3 is 20.8 Å². The van der Waals surface area contributed by atoms with Gasteiger partial charge in [-0.3, -0.25) is 18.7 Å². The number of carbonyl (C=O) groups excluding carboxylic acids is 3. The van der Waals surface area contributed by atoms with Crippen LogP contribution in [0.5, 0.6) is 11.5 Å². The first kappa shape index (κ1) is 35.6. The highest BCUT2D eigenvalue weighted by Gasteiger charge is 2.28. The van der Waals surface area contributed by atoms with Gasteiger partial charge in [0, 0.05) is 35.3 Å². The van der Waals surface area contributed by atoms with Gasteiger partial charge in [0.15, 0.2) is 0 Å². The van der Waals surface area contributed by atoms with Crippen LogP contribution in [0, 0.1) is 0 Å². The SMILES string of the molecule is O=C(Nc1cccc(C(=O)N=C2Cc3cc(O)ccc3C=C2S(=O)(=O)O)c1)Nc1cccc(C(=O)N=C2Cc3cc(O)ccc3C=C2S(=O)(=O)O)c1. The number of allylic oxidation sites excluding steroid dienone is 2. The molecule has 0 bridgehead atoms. The molecule has 0 saturated heterocycles. The predicted molar refractivity (Wildman–Crippen MR) is 192 cm³/mol. The summed E-state index contributed by atoms with van der Waals surface area (Å²) >= 11 is 0. The van der Waals surface area contributed by atoms with Crippen molar-refractivity contribution in [2.24, 2.45) is 9.98 Å². The quantitative estimate of drug-likeness (QED) is 0.145. The summed E-state index contributed by atoms with van der Waals surface area (Å²) in [7, 11) is -9.54. The lowest BCUT2D eigenvalue weighted by Gasteiger charge is -2.17. The molecule has 6 rings (SSSR count). The Morgan fingerprint density at radius 3 is 1.37 bits per heavy atom. The monoisotopic (exact) mass is 742 g/mol. The number of urea groups is 1. The van der Waals surface area contributed by atoms with E-state index in [4.69, 9.17) is 0 Å². The second-order valence-corrected chi connectivity index (χ2v) is 14.3. The molecule has 0 saturated carbocycles. The number of hydrogen-bond donors (Lipinski definition) is 6. The summed E-state index contributed by atoms with van der Waals surface area (Å²) in [6.07, 6.45) is 1.94. The normalized spacial score (nSPS) is 15.6. The molecular weight excluding hydrogens is 717 g/mol. The largest absolute Gasteiger partial charge is 0.508 e. The Kier molecular flexibility index (Phi) is 9.44. The van der Waals surface area contributed by atoms with Crippen LogP contribution in [0.3, 0.4) is 0 Å². The van der Waals surface area contributed by atoms with Crippen LogP contribution in [-0.2, 0) is 33.1 Å². The molecule has 0 fully saturated rings. The molecule has 0 heterocycles. The van der Waals surface area contributed by atoms with Gasteiger partial charge in [-0.2, -0.15) is 16.8 Å². The zero-order valence-electron chi connectivity index (χ0n) is 26.5. The Balaban J connectivity index is 1.17. The van der Waals surface area contributed by atoms with Gasteiger partial charge in [0.1, 0.15) is 21.3 Å². The number of nitrogens with zero attached hydrogens (tertiary/aromatic N) is 2. The summed E-state index contributed by atoms with van der Waals surface area (Å²) in [4.78, 5) is 45.8. The second-order valence-electron chi connectivity index (χ2n) is 11.6. The van der Waals surface area contributed by atoms with Gasteiger partial charge in [-0.1, -0.05) is 24.3 Å². The Bertz CT molecular complexity index is 2380. The minimum Gasteiger partial charge on any atom is -0.508 e. The highest BCUT2D eigenvalue weighted by atomic mass is 32.2. The minimum absolute atomic E-state index is 0.0349. The van der Waals surface area contributed by atoms with Crippen LogP contribution in [0.1, 0.15) is 43.0 Å². The van der Waals surface area contributed by atoms with Crippen LogP contribution in [-0.4, -0.2) is 65.4 Å². The molecule has 2 aliphatic carbocycles. The van der Waals surface area contributed by atoms with E-state index in [2.05, 4.69) is 20.6 Å². The highest BCUT2D eigenvalue weighted by molar-refractivity contribution is 7.91. The predicted octanol–water partition coefficient (Wildman–Crippen LogP) is 4.87. The molecule has 2 aliphatic rings. The van der Waals surface area contributed by atoms with Crippen molar-refractivity contribution in [2.75, 3.05) is 10.6 Å². The fourth-order valence-corrected chi connectivity index (χ4v) is 6.90. The average molecular weight is 743 g/mol. The van der Waals surface area contributed by atoms with Crippen molar-refractivity contribution in [3.05, 3.63) is 128 Å². The van der Waals surface area contributed by atoms with Gasteiger partial charge >= 0.3 is 6.03 Å². The van der Waals surface area contributed by atoms with Gasteiger partial charge in [0.25, 0.3) is 32.1 Å². The molecule has 0 unspecified atom stereocenters. The Morgan fingerprint density at radius 1 is 0.577 bits per heavy atom. The first-order chi connectivity index (χ1) is 24.5. The lowest BCUT2D eigenvalue weighted by Crippen LogP contribution is -2.21. The Hall–Kier alpha value is -6.27. The van der Waals surface area contributed by atoms with E-state index >= 15 is 0 Å². The maximum absolute atomic E-state index is 13.1. The van der Waals surface area contributed by atoms with E-state index in [0.717, 1.165) is 12.2 Å². The molecule has 6 N–H and O–H groups in total. The van der Waals surface area contributed by atoms with Gasteiger partial charge in [0.2, 0.25) is 0 Å². The van der Waals surface area contributed by atoms with E-state index < -0.39 is 47.9 Å². The summed E-state index contributed by atoms with van der Waals surface area (Å²) in [5, 5.41) is 24.7. The van der Waals surface area contributed by atoms with Crippen molar-refractivity contribution < 1.29 is 50.5 Å². The molecule has 4 amide bonds. The second kappa shape index (κ2) is 13.8. The fourth-order valence-electron chi connectivity index (χ4n) is 5.52. The molecule has 0 aliphatic heterocycles. The Labute approximate surface area is 295 Å². The van der Waals surface area contributed by atoms with E-state index in [1.54, 1.807) is 0 Å². The lowest BCUT2D eigenvalue weighted by atomic mass is 9.95. The van der Waals surface area contributed by atoms with Crippen molar-refractivity contribution in [3.63, 3.8) is 0 Å². The molecule has 264 valence electrons. The molecule has 15 nitrogen and oxygen atoms in total. The van der Waals surface area contributed by atoms with Gasteiger partial charge in [0.05, 0.1) is 11.4 Å². The standard InChI is InChI=1S/C35H26N4O11S2/c40-27-9-7-19-17-31(51(45,46)47)29(15-23(19)13-27)38-33(42)21-3-1-5-25(11-21)36-35(44)37-26-6-2-4-22(12-26)34(43)39-30-16-24-14-28(41)10-8-20(24)18-32(30)52(48,49)50/h1-14,17-18,40-41H,15-16H2,(H2,36,37,44)(H,45,46,47)(H,48,49,50). The zero-order valence-corrected chi connectivity index (χ0v) is 28.1. The number of phenolic OH excluding ortho intramolecular Hbond substituents is 2. The maximum atomic E-state index is 13.1. The summed E-state index contributed by atoms with van der Waals surface area (Å²) in [5.74, 6) is -1.93. The highest BCUT2D eigenvalue weighted by Crippen LogP contribution is 2.30. The number of fused-ring (bicyclic) bond motifs is 2. The van der Waals surface area contributed by atoms with Crippen LogP contribution < -0.4 is 10.6 Å². The molecular formula is C35H26N4O11S2. The third-order valence-electron chi connectivity index (χ3n) is 7.87. The van der Waals surface area contributed by atoms with E-state index in [1.165, 1.54) is 84.9 Å². The van der Waals surface area contributed by atoms with Crippen LogP contribution in [0.4, 0.5) is 16.2 Å². The number of amides is 4. The van der Waals surface area contributed by atoms with E-state index in [9.17, 15) is 50.5 Å². The molecule has 52 heavy (non-hydrogen) atoms. The number of nitrogens with one attached hydrogen (secondary N) is 2. The number of carbonyl (C=O) groups is 3. The number of phenols is 2. The van der Waals surface area contributed by atoms with E-state index in [-0.39, 0.29) is 58.3 Å². The molecule has 0 aromatic heterocycles. The molecule has 0 spiro atoms. The first-order valence-electron chi connectivity index (χ1n) is 15.1. The number of aromatic hydroxyl groups is 2. The van der Waals surface area contributed by atoms with Crippen molar-refractivity contribution >= 4 is 73.0 Å². The molecule has 0 atom stereocenters. The zero-order chi connectivity index (χ0) is 37.4. The number of hydrogen-bond acceptors (Lipinski definition) is 9. The Morgan fingerprint density at radius 2 is 0.981 bits per heavy atom. The molecule has 4 aromatic rings. The van der Waals surface area contributed by atoms with Gasteiger partial charge in [-0.05, 0) is 95.1 Å². The van der Waals surface area contributed by atoms with Crippen LogP contribution in [0.25, 0.3) is 12.2 Å². The lowest BCUT2D eigenvalue weighted by molar-refractivity contribution is 0.0994. The van der Waals surface area contributed by atoms with Crippen LogP contribution in [0.2, 0.25) is 0 Å². The van der Waals surface area contributed by atoms with Gasteiger partial charge in [-0.25, -0.2) is 14.8 Å². The summed E-state index contributed by atoms with van der Waals surface area (Å²) in [5.41, 5.74) is 1.49. The smallest absolute Gasteiger partial charge is 0.323 e. The molecule has 4 aromatic carbocycles. The number of rotatable bonds is 6. The van der Waals surface area contributed by atoms with Crippen LogP contribution in [0.15, 0.2) is 105 Å². The fraction of sp³-hybridized carbons (Fsp3) is 0.0571. The van der Waals surface area contributed by atoms with E-state index in [1.807, 2.05) is 0 Å². The van der Waals surface area contributed by atoms with Gasteiger partial charge in [-0.15, -0.1) is 0 Å². The maximum Gasteiger partial charge on any atom is 0.323 e. The summed E-state index contributed by atoms with van der Waals surface area (Å²) < 4.78 is 67.9. The third kappa shape index (κ3) is 8.03. The number of aliphatic imine (C=N–C) groups is 2. The van der Waals surface area contributed by atoms with Crippen LogP contribution >= 0.6 is 0 Å². The van der Waals surface area contributed by atoms with Crippen molar-refractivity contribution in [1.29, 1.82) is 0 Å². The molecule has 0 radical (unpaired) electrons. The van der Waals surface area contributed by atoms with Crippen molar-refractivity contribution in [2.45, 2.75) is 12.8 Å². The van der Waals surface area contributed by atoms with E-state index in [0.29, 0.717) is 22.3 Å². The number of benzene rings is 4. The first-order valence-corrected chi connectivity index (χ1v) is 18.0. The summed E-state index contributed by atoms with van der Waals surface area (Å²) in [6, 6.07) is 18.7.